The number of benzene rings is 2. The van der Waals surface area contributed by atoms with Gasteiger partial charge in [-0.15, -0.1) is 0 Å². The Hall–Kier alpha value is -3.09. The fourth-order valence-electron chi connectivity index (χ4n) is 3.88. The van der Waals surface area contributed by atoms with Crippen LogP contribution in [0.5, 0.6) is 0 Å². The summed E-state index contributed by atoms with van der Waals surface area (Å²) in [7, 11) is 4.23. The van der Waals surface area contributed by atoms with Crippen LogP contribution in [0.2, 0.25) is 5.02 Å². The molecule has 196 valence electrons. The van der Waals surface area contributed by atoms with Crippen LogP contribution in [0.1, 0.15) is 6.42 Å². The lowest BCUT2D eigenvalue weighted by atomic mass is 10.2. The lowest BCUT2D eigenvalue weighted by molar-refractivity contribution is 0.0499. The molecule has 1 aliphatic heterocycles. The Labute approximate surface area is 224 Å². The predicted molar refractivity (Wildman–Crippen MR) is 148 cm³/mol. The van der Waals surface area contributed by atoms with Crippen molar-refractivity contribution in [2.45, 2.75) is 22.9 Å². The van der Waals surface area contributed by atoms with E-state index in [0.29, 0.717) is 5.65 Å². The number of aromatic amines is 1. The Morgan fingerprint density at radius 2 is 1.97 bits per heavy atom. The van der Waals surface area contributed by atoms with Gasteiger partial charge >= 0.3 is 0 Å². The molecule has 0 fully saturated rings. The summed E-state index contributed by atoms with van der Waals surface area (Å²) in [6, 6.07) is 14.8. The van der Waals surface area contributed by atoms with E-state index in [-0.39, 0.29) is 37.0 Å². The van der Waals surface area contributed by atoms with Gasteiger partial charge in [-0.2, -0.15) is 4.98 Å². The van der Waals surface area contributed by atoms with Gasteiger partial charge in [-0.3, -0.25) is 14.3 Å². The van der Waals surface area contributed by atoms with Gasteiger partial charge in [0.1, 0.15) is 6.73 Å². The van der Waals surface area contributed by atoms with Crippen LogP contribution < -0.4 is 16.2 Å². The molecule has 0 saturated carbocycles. The molecule has 4 aromatic rings. The molecular weight excluding hydrogens is 514 g/mol. The lowest BCUT2D eigenvalue weighted by Crippen LogP contribution is -2.25. The molecule has 4 N–H and O–H groups in total. The number of rotatable bonds is 8. The summed E-state index contributed by atoms with van der Waals surface area (Å²) < 4.78 is 6.63. The zero-order chi connectivity index (χ0) is 26.4. The van der Waals surface area contributed by atoms with Crippen LogP contribution in [-0.4, -0.2) is 69.9 Å². The average molecular weight is 544 g/mol. The van der Waals surface area contributed by atoms with Crippen LogP contribution in [0, 0.1) is 0 Å². The molecule has 0 atom stereocenters. The van der Waals surface area contributed by atoms with Crippen molar-refractivity contribution in [1.29, 1.82) is 0 Å². The number of nitrogens with two attached hydrogens (primary N) is 1. The van der Waals surface area contributed by atoms with Crippen molar-refractivity contribution in [3.63, 3.8) is 0 Å². The van der Waals surface area contributed by atoms with Crippen molar-refractivity contribution in [1.82, 2.24) is 24.4 Å². The zero-order valence-corrected chi connectivity index (χ0v) is 22.3. The van der Waals surface area contributed by atoms with E-state index in [1.807, 2.05) is 17.8 Å². The minimum Gasteiger partial charge on any atom is -0.394 e. The Kier molecular flexibility index (Phi) is 9.06. The number of anilines is 3. The van der Waals surface area contributed by atoms with E-state index < -0.39 is 0 Å². The van der Waals surface area contributed by atoms with E-state index in [1.54, 1.807) is 0 Å². The fraction of sp³-hybridized carbons (Fsp3) is 0.320. The highest BCUT2D eigenvalue weighted by Gasteiger charge is 2.23. The van der Waals surface area contributed by atoms with Gasteiger partial charge in [0.15, 0.2) is 11.2 Å². The van der Waals surface area contributed by atoms with E-state index in [4.69, 9.17) is 27.2 Å². The second-order valence-corrected chi connectivity index (χ2v) is 10.1. The average Bonchev–Trinajstić information content (AvgIpc) is 3.27. The largest absolute Gasteiger partial charge is 0.394 e. The quantitative estimate of drug-likeness (QED) is 0.286. The summed E-state index contributed by atoms with van der Waals surface area (Å²) in [5.41, 5.74) is 8.12. The molecule has 2 aromatic heterocycles. The molecule has 0 bridgehead atoms. The van der Waals surface area contributed by atoms with Gasteiger partial charge < -0.3 is 25.4 Å². The van der Waals surface area contributed by atoms with Gasteiger partial charge in [0.25, 0.3) is 5.56 Å². The maximum atomic E-state index is 11.4. The van der Waals surface area contributed by atoms with Gasteiger partial charge in [-0.05, 0) is 57.4 Å². The molecule has 10 nitrogen and oxygen atoms in total. The number of H-pyrrole nitrogens is 1. The van der Waals surface area contributed by atoms with E-state index in [1.165, 1.54) is 32.1 Å². The molecule has 5 rings (SSSR count). The first-order chi connectivity index (χ1) is 17.9. The zero-order valence-electron chi connectivity index (χ0n) is 20.7. The highest BCUT2D eigenvalue weighted by Crippen LogP contribution is 2.48. The summed E-state index contributed by atoms with van der Waals surface area (Å²) >= 11 is 8.03. The summed E-state index contributed by atoms with van der Waals surface area (Å²) in [5, 5.41) is 9.35. The normalized spacial score (nSPS) is 12.3. The van der Waals surface area contributed by atoms with E-state index in [9.17, 15) is 4.79 Å². The second kappa shape index (κ2) is 12.4. The van der Waals surface area contributed by atoms with Gasteiger partial charge in [0.05, 0.1) is 30.9 Å². The van der Waals surface area contributed by atoms with Gasteiger partial charge in [0, 0.05) is 21.4 Å². The Morgan fingerprint density at radius 1 is 1.19 bits per heavy atom. The number of hydrogen-bond acceptors (Lipinski definition) is 9. The number of nitrogen functional groups attached to an aromatic ring is 1. The number of ether oxygens (including phenoxy) is 1. The number of para-hydroxylation sites is 1. The molecule has 37 heavy (non-hydrogen) atoms. The maximum absolute atomic E-state index is 11.4. The Morgan fingerprint density at radius 3 is 2.76 bits per heavy atom. The minimum atomic E-state index is -0.386. The number of nitrogens with one attached hydrogen (secondary N) is 1. The SMILES string of the molecule is CN(C)CCCN1c2ccccc2Sc2ccc(Cl)cc21.Nc1nc2c(ncn2COCCO)c(=O)[nH]1. The van der Waals surface area contributed by atoms with Gasteiger partial charge in [0.2, 0.25) is 5.95 Å². The van der Waals surface area contributed by atoms with Crippen molar-refractivity contribution >= 4 is 51.8 Å². The minimum absolute atomic E-state index is 0.0291. The molecule has 1 aliphatic rings. The molecule has 0 aliphatic carbocycles. The first kappa shape index (κ1) is 27.0. The number of aromatic nitrogens is 4. The Bertz CT molecular complexity index is 1410. The van der Waals surface area contributed by atoms with Crippen LogP contribution in [0.25, 0.3) is 11.2 Å². The molecule has 0 radical (unpaired) electrons. The van der Waals surface area contributed by atoms with Crippen LogP contribution in [0.15, 0.2) is 63.4 Å². The first-order valence-electron chi connectivity index (χ1n) is 11.8. The second-order valence-electron chi connectivity index (χ2n) is 8.59. The van der Waals surface area contributed by atoms with Crippen LogP contribution in [-0.2, 0) is 11.5 Å². The topological polar surface area (TPSA) is 126 Å². The van der Waals surface area contributed by atoms with Crippen molar-refractivity contribution in [2.75, 3.05) is 51.0 Å². The van der Waals surface area contributed by atoms with Crippen LogP contribution in [0.3, 0.4) is 0 Å². The highest BCUT2D eigenvalue weighted by molar-refractivity contribution is 7.99. The van der Waals surface area contributed by atoms with E-state index in [2.05, 4.69) is 75.2 Å². The molecule has 12 heteroatoms. The third kappa shape index (κ3) is 6.62. The molecule has 0 unspecified atom stereocenters. The number of halogens is 1. The monoisotopic (exact) mass is 543 g/mol. The number of hydrogen-bond donors (Lipinski definition) is 3. The standard InChI is InChI=1S/C17H19ClN2S.C8H11N5O3/c1-19(2)10-5-11-20-14-6-3-4-7-16(14)21-17-9-8-13(18)12-15(17)20;9-8-11-6-5(7(15)12-8)10-3-13(6)4-16-2-1-14/h3-4,6-9,12H,5,10-11H2,1-2H3;3,14H,1-2,4H2,(H3,9,11,12,15). The molecular formula is C25H30ClN7O3S. The molecule has 0 saturated heterocycles. The number of fused-ring (bicyclic) bond motifs is 3. The first-order valence-corrected chi connectivity index (χ1v) is 12.9. The lowest BCUT2D eigenvalue weighted by Gasteiger charge is -2.33. The van der Waals surface area contributed by atoms with Crippen molar-refractivity contribution in [2.24, 2.45) is 0 Å². The third-order valence-corrected chi connectivity index (χ3v) is 6.90. The smallest absolute Gasteiger partial charge is 0.280 e. The molecule has 2 aromatic carbocycles. The van der Waals surface area contributed by atoms with Crippen LogP contribution in [0.4, 0.5) is 17.3 Å². The van der Waals surface area contributed by atoms with E-state index in [0.717, 1.165) is 24.5 Å². The van der Waals surface area contributed by atoms with Crippen molar-refractivity contribution in [3.8, 4) is 0 Å². The fourth-order valence-corrected chi connectivity index (χ4v) is 5.12. The predicted octanol–water partition coefficient (Wildman–Crippen LogP) is 3.56. The van der Waals surface area contributed by atoms with E-state index >= 15 is 0 Å². The summed E-state index contributed by atoms with van der Waals surface area (Å²) in [4.78, 5) is 28.8. The maximum Gasteiger partial charge on any atom is 0.280 e. The summed E-state index contributed by atoms with van der Waals surface area (Å²) in [5.74, 6) is 0.0291. The van der Waals surface area contributed by atoms with Gasteiger partial charge in [-0.25, -0.2) is 4.98 Å². The number of imidazole rings is 1. The van der Waals surface area contributed by atoms with Crippen molar-refractivity contribution in [3.05, 3.63) is 64.2 Å². The van der Waals surface area contributed by atoms with Gasteiger partial charge in [-0.1, -0.05) is 35.5 Å². The molecule has 0 spiro atoms. The third-order valence-electron chi connectivity index (χ3n) is 5.53. The van der Waals surface area contributed by atoms with Crippen molar-refractivity contribution < 1.29 is 9.84 Å². The molecule has 0 amide bonds. The summed E-state index contributed by atoms with van der Waals surface area (Å²) in [6.45, 7) is 2.39. The highest BCUT2D eigenvalue weighted by atomic mass is 35.5. The number of nitrogens with zero attached hydrogens (tertiary/aromatic N) is 5. The number of aliphatic hydroxyl groups excluding tert-OH is 1. The molecule has 3 heterocycles. The number of aliphatic hydroxyl groups is 1. The Balaban J connectivity index is 0.000000180. The summed E-state index contributed by atoms with van der Waals surface area (Å²) in [6.07, 6.45) is 2.56. The van der Waals surface area contributed by atoms with Crippen LogP contribution >= 0.6 is 23.4 Å².